The van der Waals surface area contributed by atoms with Gasteiger partial charge in [0.05, 0.1) is 0 Å². The third kappa shape index (κ3) is 2.13. The fourth-order valence-electron chi connectivity index (χ4n) is 1.79. The first kappa shape index (κ1) is 12.6. The smallest absolute Gasteiger partial charge is 0.271 e. The zero-order valence-electron chi connectivity index (χ0n) is 9.91. The van der Waals surface area contributed by atoms with Gasteiger partial charge in [0.15, 0.2) is 14.8 Å². The van der Waals surface area contributed by atoms with E-state index < -0.39 is 0 Å². The van der Waals surface area contributed by atoms with Gasteiger partial charge in [0, 0.05) is 5.69 Å². The molecule has 0 saturated carbocycles. The predicted octanol–water partition coefficient (Wildman–Crippen LogP) is 3.23. The Morgan fingerprint density at radius 1 is 1.37 bits per heavy atom. The minimum Gasteiger partial charge on any atom is -0.300 e. The van der Waals surface area contributed by atoms with E-state index in [9.17, 15) is 4.79 Å². The second-order valence-electron chi connectivity index (χ2n) is 3.77. The molecule has 4 nitrogen and oxygen atoms in total. The summed E-state index contributed by atoms with van der Waals surface area (Å²) in [5.41, 5.74) is 1.40. The number of thiazole rings is 1. The van der Waals surface area contributed by atoms with Crippen molar-refractivity contribution in [3.8, 4) is 5.69 Å². The Hall–Kier alpha value is -1.44. The van der Waals surface area contributed by atoms with Gasteiger partial charge < -0.3 is 4.98 Å². The fourth-order valence-corrected chi connectivity index (χ4v) is 3.44. The number of nitrogens with one attached hydrogen (secondary N) is 1. The van der Waals surface area contributed by atoms with E-state index in [1.165, 1.54) is 23.1 Å². The Labute approximate surface area is 122 Å². The van der Waals surface area contributed by atoms with Gasteiger partial charge in [-0.3, -0.25) is 9.36 Å². The molecule has 0 spiro atoms. The molecule has 2 aromatic heterocycles. The summed E-state index contributed by atoms with van der Waals surface area (Å²) < 4.78 is 3.02. The van der Waals surface area contributed by atoms with Gasteiger partial charge in [-0.15, -0.1) is 0 Å². The van der Waals surface area contributed by atoms with Crippen molar-refractivity contribution in [1.29, 1.82) is 0 Å². The van der Waals surface area contributed by atoms with Gasteiger partial charge in [-0.2, -0.15) is 0 Å². The molecule has 2 heterocycles. The largest absolute Gasteiger partial charge is 0.300 e. The molecule has 0 radical (unpaired) electrons. The van der Waals surface area contributed by atoms with Crippen molar-refractivity contribution in [2.24, 2.45) is 0 Å². The minimum atomic E-state index is -0.139. The van der Waals surface area contributed by atoms with Crippen LogP contribution in [0.15, 0.2) is 40.3 Å². The third-order valence-corrected chi connectivity index (χ3v) is 4.57. The number of para-hydroxylation sites is 1. The average Bonchev–Trinajstić information content (AvgIpc) is 2.76. The summed E-state index contributed by atoms with van der Waals surface area (Å²) in [6.45, 7) is 0. The summed E-state index contributed by atoms with van der Waals surface area (Å²) in [7, 11) is 0. The Balaban J connectivity index is 2.43. The van der Waals surface area contributed by atoms with E-state index in [1.807, 2.05) is 41.2 Å². The molecule has 1 N–H and O–H groups in total. The Kier molecular flexibility index (Phi) is 3.26. The maximum absolute atomic E-state index is 12.0. The molecule has 0 unspecified atom stereocenters. The summed E-state index contributed by atoms with van der Waals surface area (Å²) in [5.74, 6) is 0. The molecule has 0 aliphatic rings. The summed E-state index contributed by atoms with van der Waals surface area (Å²) in [4.78, 5) is 19.2. The summed E-state index contributed by atoms with van der Waals surface area (Å²) >= 11 is 8.04. The van der Waals surface area contributed by atoms with Crippen LogP contribution in [-0.2, 0) is 0 Å². The van der Waals surface area contributed by atoms with Gasteiger partial charge in [-0.25, -0.2) is 4.98 Å². The van der Waals surface area contributed by atoms with E-state index >= 15 is 0 Å². The number of benzene rings is 1. The van der Waals surface area contributed by atoms with E-state index in [0.717, 1.165) is 5.69 Å². The molecule has 3 aromatic rings. The van der Waals surface area contributed by atoms with Crippen molar-refractivity contribution >= 4 is 45.7 Å². The van der Waals surface area contributed by atoms with E-state index in [0.29, 0.717) is 19.5 Å². The Morgan fingerprint density at radius 3 is 2.79 bits per heavy atom. The lowest BCUT2D eigenvalue weighted by molar-refractivity contribution is 0.946. The highest BCUT2D eigenvalue weighted by Gasteiger charge is 2.12. The molecule has 19 heavy (non-hydrogen) atoms. The maximum Gasteiger partial charge on any atom is 0.271 e. The van der Waals surface area contributed by atoms with Crippen molar-refractivity contribution in [3.05, 3.63) is 44.6 Å². The van der Waals surface area contributed by atoms with Crippen LogP contribution in [0.1, 0.15) is 0 Å². The average molecular weight is 307 g/mol. The third-order valence-electron chi connectivity index (χ3n) is 2.63. The molecule has 0 aliphatic heterocycles. The lowest BCUT2D eigenvalue weighted by Gasteiger charge is -2.04. The lowest BCUT2D eigenvalue weighted by Crippen LogP contribution is -2.09. The number of thioether (sulfide) groups is 1. The first-order chi connectivity index (χ1) is 9.20. The van der Waals surface area contributed by atoms with Crippen LogP contribution in [0.5, 0.6) is 0 Å². The molecule has 0 atom stereocenters. The number of hydrogen-bond donors (Lipinski definition) is 1. The highest BCUT2D eigenvalue weighted by Crippen LogP contribution is 2.23. The van der Waals surface area contributed by atoms with Crippen molar-refractivity contribution < 1.29 is 0 Å². The number of fused-ring (bicyclic) bond motifs is 1. The second kappa shape index (κ2) is 4.92. The van der Waals surface area contributed by atoms with Crippen molar-refractivity contribution in [2.75, 3.05) is 6.26 Å². The van der Waals surface area contributed by atoms with Gasteiger partial charge in [0.1, 0.15) is 4.70 Å². The number of nitrogens with zero attached hydrogens (tertiary/aromatic N) is 2. The van der Waals surface area contributed by atoms with E-state index in [-0.39, 0.29) is 5.56 Å². The first-order valence-electron chi connectivity index (χ1n) is 5.46. The van der Waals surface area contributed by atoms with Gasteiger partial charge in [0.2, 0.25) is 0 Å². The SMILES string of the molecule is CSc1nc2c(sc(=S)n2-c2ccccc2)c(=O)[nH]1. The summed E-state index contributed by atoms with van der Waals surface area (Å²) in [6, 6.07) is 9.70. The van der Waals surface area contributed by atoms with E-state index in [4.69, 9.17) is 12.2 Å². The van der Waals surface area contributed by atoms with Crippen LogP contribution in [-0.4, -0.2) is 20.8 Å². The van der Waals surface area contributed by atoms with Crippen molar-refractivity contribution in [1.82, 2.24) is 14.5 Å². The maximum atomic E-state index is 12.0. The molecule has 96 valence electrons. The monoisotopic (exact) mass is 307 g/mol. The molecule has 0 bridgehead atoms. The normalized spacial score (nSPS) is 11.0. The number of aromatic amines is 1. The Morgan fingerprint density at radius 2 is 2.11 bits per heavy atom. The van der Waals surface area contributed by atoms with Gasteiger partial charge in [0.25, 0.3) is 5.56 Å². The number of hydrogen-bond acceptors (Lipinski definition) is 5. The number of rotatable bonds is 2. The predicted molar refractivity (Wildman–Crippen MR) is 82.2 cm³/mol. The molecule has 0 amide bonds. The lowest BCUT2D eigenvalue weighted by atomic mass is 10.3. The first-order valence-corrected chi connectivity index (χ1v) is 7.91. The molecular formula is C12H9N3OS3. The van der Waals surface area contributed by atoms with Crippen LogP contribution in [0.3, 0.4) is 0 Å². The molecule has 0 fully saturated rings. The summed E-state index contributed by atoms with van der Waals surface area (Å²) in [5, 5.41) is 0.593. The molecule has 3 rings (SSSR count). The minimum absolute atomic E-state index is 0.139. The standard InChI is InChI=1S/C12H9N3OS3/c1-18-11-13-9-8(10(16)14-11)19-12(17)15(9)7-5-3-2-4-6-7/h2-6H,1H3,(H,13,14,16). The number of H-pyrrole nitrogens is 1. The van der Waals surface area contributed by atoms with Gasteiger partial charge >= 0.3 is 0 Å². The van der Waals surface area contributed by atoms with Crippen LogP contribution < -0.4 is 5.56 Å². The quantitative estimate of drug-likeness (QED) is 0.449. The van der Waals surface area contributed by atoms with Crippen molar-refractivity contribution in [2.45, 2.75) is 5.16 Å². The highest BCUT2D eigenvalue weighted by molar-refractivity contribution is 7.98. The molecular weight excluding hydrogens is 298 g/mol. The summed E-state index contributed by atoms with van der Waals surface area (Å²) in [6.07, 6.45) is 1.87. The van der Waals surface area contributed by atoms with Gasteiger partial charge in [-0.05, 0) is 30.6 Å². The van der Waals surface area contributed by atoms with Crippen LogP contribution in [0.25, 0.3) is 16.0 Å². The molecule has 1 aromatic carbocycles. The Bertz CT molecular complexity index is 848. The topological polar surface area (TPSA) is 50.7 Å². The van der Waals surface area contributed by atoms with Crippen molar-refractivity contribution in [3.63, 3.8) is 0 Å². The molecule has 0 saturated heterocycles. The zero-order valence-corrected chi connectivity index (χ0v) is 12.4. The van der Waals surface area contributed by atoms with E-state index in [2.05, 4.69) is 9.97 Å². The van der Waals surface area contributed by atoms with E-state index in [1.54, 1.807) is 0 Å². The fraction of sp³-hybridized carbons (Fsp3) is 0.0833. The highest BCUT2D eigenvalue weighted by atomic mass is 32.2. The van der Waals surface area contributed by atoms with Crippen LogP contribution >= 0.6 is 35.3 Å². The number of aromatic nitrogens is 3. The van der Waals surface area contributed by atoms with Crippen LogP contribution in [0.4, 0.5) is 0 Å². The zero-order chi connectivity index (χ0) is 13.4. The second-order valence-corrected chi connectivity index (χ2v) is 6.21. The molecule has 7 heteroatoms. The van der Waals surface area contributed by atoms with Crippen LogP contribution in [0, 0.1) is 3.95 Å². The molecule has 0 aliphatic carbocycles. The van der Waals surface area contributed by atoms with Crippen LogP contribution in [0.2, 0.25) is 0 Å². The van der Waals surface area contributed by atoms with Gasteiger partial charge in [-0.1, -0.05) is 41.3 Å².